The Hall–Kier alpha value is -1.29. The minimum atomic E-state index is -0.257. The predicted molar refractivity (Wildman–Crippen MR) is 53.3 cm³/mol. The van der Waals surface area contributed by atoms with Crippen LogP contribution < -0.4 is 5.56 Å². The molecule has 0 aromatic carbocycles. The van der Waals surface area contributed by atoms with Crippen molar-refractivity contribution in [3.8, 4) is 5.88 Å². The van der Waals surface area contributed by atoms with Gasteiger partial charge in [-0.1, -0.05) is 0 Å². The average molecular weight is 194 g/mol. The Morgan fingerprint density at radius 2 is 2.36 bits per heavy atom. The van der Waals surface area contributed by atoms with Crippen LogP contribution in [0.2, 0.25) is 0 Å². The normalized spacial score (nSPS) is 22.8. The number of aromatic hydroxyl groups is 1. The highest BCUT2D eigenvalue weighted by molar-refractivity contribution is 5.28. The average Bonchev–Trinajstić information content (AvgIpc) is 2.52. The van der Waals surface area contributed by atoms with Crippen LogP contribution in [0.25, 0.3) is 0 Å². The summed E-state index contributed by atoms with van der Waals surface area (Å²) < 4.78 is 0. The molecule has 2 N–H and O–H groups in total. The van der Waals surface area contributed by atoms with Gasteiger partial charge in [-0.3, -0.25) is 14.7 Å². The van der Waals surface area contributed by atoms with Crippen molar-refractivity contribution in [3.63, 3.8) is 0 Å². The lowest BCUT2D eigenvalue weighted by Gasteiger charge is -2.19. The summed E-state index contributed by atoms with van der Waals surface area (Å²) in [6.07, 6.45) is 2.18. The van der Waals surface area contributed by atoms with Crippen molar-refractivity contribution in [2.45, 2.75) is 18.9 Å². The van der Waals surface area contributed by atoms with Gasteiger partial charge in [0, 0.05) is 17.7 Å². The van der Waals surface area contributed by atoms with E-state index in [1.165, 1.54) is 6.07 Å². The minimum Gasteiger partial charge on any atom is -0.494 e. The van der Waals surface area contributed by atoms with Crippen molar-refractivity contribution in [3.05, 3.63) is 28.0 Å². The van der Waals surface area contributed by atoms with E-state index in [9.17, 15) is 9.90 Å². The van der Waals surface area contributed by atoms with E-state index in [-0.39, 0.29) is 17.5 Å². The number of pyridine rings is 1. The van der Waals surface area contributed by atoms with Crippen LogP contribution in [0.1, 0.15) is 24.4 Å². The van der Waals surface area contributed by atoms with E-state index >= 15 is 0 Å². The fourth-order valence-electron chi connectivity index (χ4n) is 2.05. The summed E-state index contributed by atoms with van der Waals surface area (Å²) in [6, 6.07) is 3.41. The van der Waals surface area contributed by atoms with Crippen LogP contribution in [0.4, 0.5) is 0 Å². The highest BCUT2D eigenvalue weighted by atomic mass is 16.3. The number of likely N-dealkylation sites (tertiary alicyclic amines) is 1. The second-order valence-corrected chi connectivity index (χ2v) is 3.77. The van der Waals surface area contributed by atoms with Crippen LogP contribution in [0.3, 0.4) is 0 Å². The fraction of sp³-hybridized carbons (Fsp3) is 0.500. The van der Waals surface area contributed by atoms with Gasteiger partial charge in [0.15, 0.2) is 5.88 Å². The molecule has 1 aromatic heterocycles. The van der Waals surface area contributed by atoms with Gasteiger partial charge in [0.1, 0.15) is 0 Å². The number of hydrogen-bond donors (Lipinski definition) is 2. The van der Waals surface area contributed by atoms with E-state index in [0.717, 1.165) is 24.9 Å². The molecule has 76 valence electrons. The second kappa shape index (κ2) is 3.46. The molecule has 0 aliphatic carbocycles. The third-order valence-corrected chi connectivity index (χ3v) is 2.81. The molecule has 2 heterocycles. The topological polar surface area (TPSA) is 56.3 Å². The molecule has 4 nitrogen and oxygen atoms in total. The Balaban J connectivity index is 2.36. The lowest BCUT2D eigenvalue weighted by atomic mass is 10.1. The standard InChI is InChI=1S/C10H14N2O2/c1-12-6-2-3-8(12)7-4-5-9(13)11-10(7)14/h4-5,8H,2-3,6H2,1H3,(H2,11,13,14). The van der Waals surface area contributed by atoms with E-state index < -0.39 is 0 Å². The van der Waals surface area contributed by atoms with Gasteiger partial charge in [-0.05, 0) is 32.5 Å². The van der Waals surface area contributed by atoms with E-state index in [4.69, 9.17) is 0 Å². The van der Waals surface area contributed by atoms with Gasteiger partial charge in [-0.15, -0.1) is 0 Å². The summed E-state index contributed by atoms with van der Waals surface area (Å²) in [6.45, 7) is 1.04. The van der Waals surface area contributed by atoms with Gasteiger partial charge in [-0.2, -0.15) is 0 Å². The van der Waals surface area contributed by atoms with Crippen molar-refractivity contribution in [2.75, 3.05) is 13.6 Å². The Morgan fingerprint density at radius 3 is 2.93 bits per heavy atom. The Kier molecular flexibility index (Phi) is 2.29. The molecule has 14 heavy (non-hydrogen) atoms. The maximum Gasteiger partial charge on any atom is 0.250 e. The van der Waals surface area contributed by atoms with Crippen LogP contribution in [-0.4, -0.2) is 28.6 Å². The van der Waals surface area contributed by atoms with Crippen LogP contribution in [-0.2, 0) is 0 Å². The number of aromatic amines is 1. The minimum absolute atomic E-state index is 0.0104. The highest BCUT2D eigenvalue weighted by Crippen LogP contribution is 2.33. The molecule has 0 amide bonds. The summed E-state index contributed by atoms with van der Waals surface area (Å²) >= 11 is 0. The molecule has 1 fully saturated rings. The van der Waals surface area contributed by atoms with Crippen LogP contribution in [0.15, 0.2) is 16.9 Å². The van der Waals surface area contributed by atoms with E-state index in [1.54, 1.807) is 6.07 Å². The number of H-pyrrole nitrogens is 1. The molecule has 0 saturated carbocycles. The van der Waals surface area contributed by atoms with Crippen LogP contribution >= 0.6 is 0 Å². The van der Waals surface area contributed by atoms with Crippen molar-refractivity contribution in [1.29, 1.82) is 0 Å². The monoisotopic (exact) mass is 194 g/mol. The summed E-state index contributed by atoms with van der Waals surface area (Å²) in [5.41, 5.74) is 0.566. The molecule has 1 atom stereocenters. The first-order chi connectivity index (χ1) is 6.68. The molecule has 1 aromatic rings. The van der Waals surface area contributed by atoms with Crippen molar-refractivity contribution in [1.82, 2.24) is 9.88 Å². The first-order valence-corrected chi connectivity index (χ1v) is 4.81. The molecule has 1 saturated heterocycles. The van der Waals surface area contributed by atoms with E-state index in [1.807, 2.05) is 7.05 Å². The molecule has 4 heteroatoms. The lowest BCUT2D eigenvalue weighted by molar-refractivity contribution is 0.306. The third-order valence-electron chi connectivity index (χ3n) is 2.81. The van der Waals surface area contributed by atoms with Crippen LogP contribution in [0, 0.1) is 0 Å². The quantitative estimate of drug-likeness (QED) is 0.696. The number of hydrogen-bond acceptors (Lipinski definition) is 3. The van der Waals surface area contributed by atoms with Gasteiger partial charge in [0.2, 0.25) is 0 Å². The number of nitrogens with one attached hydrogen (secondary N) is 1. The third kappa shape index (κ3) is 1.53. The molecule has 1 aliphatic heterocycles. The van der Waals surface area contributed by atoms with Crippen molar-refractivity contribution in [2.24, 2.45) is 0 Å². The molecule has 2 rings (SSSR count). The lowest BCUT2D eigenvalue weighted by Crippen LogP contribution is -2.18. The Labute approximate surface area is 82.2 Å². The first kappa shape index (κ1) is 9.27. The Morgan fingerprint density at radius 1 is 1.57 bits per heavy atom. The molecule has 1 unspecified atom stereocenters. The molecule has 0 radical (unpaired) electrons. The van der Waals surface area contributed by atoms with Crippen molar-refractivity contribution >= 4 is 0 Å². The molecule has 0 spiro atoms. The maximum atomic E-state index is 10.9. The Bertz CT molecular complexity index is 386. The van der Waals surface area contributed by atoms with Gasteiger partial charge >= 0.3 is 0 Å². The molecule has 1 aliphatic rings. The predicted octanol–water partition coefficient (Wildman–Crippen LogP) is 0.847. The highest BCUT2D eigenvalue weighted by Gasteiger charge is 2.24. The van der Waals surface area contributed by atoms with Gasteiger partial charge in [0.25, 0.3) is 5.56 Å². The van der Waals surface area contributed by atoms with Gasteiger partial charge in [0.05, 0.1) is 0 Å². The van der Waals surface area contributed by atoms with Crippen molar-refractivity contribution < 1.29 is 5.11 Å². The molecular formula is C10H14N2O2. The molecular weight excluding hydrogens is 180 g/mol. The number of rotatable bonds is 1. The zero-order valence-corrected chi connectivity index (χ0v) is 8.16. The summed E-state index contributed by atoms with van der Waals surface area (Å²) in [7, 11) is 2.03. The van der Waals surface area contributed by atoms with Crippen LogP contribution in [0.5, 0.6) is 5.88 Å². The van der Waals surface area contributed by atoms with Gasteiger partial charge < -0.3 is 5.11 Å². The largest absolute Gasteiger partial charge is 0.494 e. The molecule has 0 bridgehead atoms. The summed E-state index contributed by atoms with van der Waals surface area (Å²) in [5.74, 6) is 0.0104. The SMILES string of the molecule is CN1CCCC1c1ccc(=O)[nH]c1O. The fourth-order valence-corrected chi connectivity index (χ4v) is 2.05. The zero-order valence-electron chi connectivity index (χ0n) is 8.16. The van der Waals surface area contributed by atoms with E-state index in [0.29, 0.717) is 0 Å². The smallest absolute Gasteiger partial charge is 0.250 e. The van der Waals surface area contributed by atoms with Gasteiger partial charge in [-0.25, -0.2) is 0 Å². The summed E-state index contributed by atoms with van der Waals surface area (Å²) in [5, 5.41) is 9.59. The second-order valence-electron chi connectivity index (χ2n) is 3.77. The zero-order chi connectivity index (χ0) is 10.1. The number of nitrogens with zero attached hydrogens (tertiary/aromatic N) is 1. The number of aromatic nitrogens is 1. The maximum absolute atomic E-state index is 10.9. The first-order valence-electron chi connectivity index (χ1n) is 4.81. The summed E-state index contributed by atoms with van der Waals surface area (Å²) in [4.78, 5) is 15.5. The van der Waals surface area contributed by atoms with E-state index in [2.05, 4.69) is 9.88 Å².